The van der Waals surface area contributed by atoms with Crippen molar-refractivity contribution in [1.29, 1.82) is 5.26 Å². The van der Waals surface area contributed by atoms with Crippen molar-refractivity contribution in [1.82, 2.24) is 10.4 Å². The van der Waals surface area contributed by atoms with E-state index in [0.717, 1.165) is 0 Å². The number of amides is 2. The second kappa shape index (κ2) is 6.55. The van der Waals surface area contributed by atoms with Crippen molar-refractivity contribution in [2.24, 2.45) is 0 Å². The van der Waals surface area contributed by atoms with Crippen LogP contribution in [0.25, 0.3) is 4.85 Å². The van der Waals surface area contributed by atoms with Gasteiger partial charge in [-0.25, -0.2) is 9.64 Å². The van der Waals surface area contributed by atoms with Gasteiger partial charge < -0.3 is 5.32 Å². The Labute approximate surface area is 121 Å². The van der Waals surface area contributed by atoms with E-state index in [2.05, 4.69) is 26.0 Å². The van der Waals surface area contributed by atoms with E-state index in [9.17, 15) is 4.79 Å². The fourth-order valence-electron chi connectivity index (χ4n) is 1.53. The first kappa shape index (κ1) is 13.8. The Balaban J connectivity index is 1.96. The number of anilines is 2. The number of urea groups is 1. The van der Waals surface area contributed by atoms with Gasteiger partial charge in [0, 0.05) is 6.20 Å². The zero-order valence-corrected chi connectivity index (χ0v) is 10.8. The summed E-state index contributed by atoms with van der Waals surface area (Å²) in [6.45, 7) is 6.92. The van der Waals surface area contributed by atoms with Crippen molar-refractivity contribution in [3.8, 4) is 6.07 Å². The summed E-state index contributed by atoms with van der Waals surface area (Å²) in [6.07, 6.45) is 3.11. The van der Waals surface area contributed by atoms with Crippen molar-refractivity contribution < 1.29 is 4.79 Å². The number of benzene rings is 1. The Kier molecular flexibility index (Phi) is 4.32. The van der Waals surface area contributed by atoms with Crippen LogP contribution in [0.1, 0.15) is 5.56 Å². The number of hydrogen-bond donors (Lipinski definition) is 3. The van der Waals surface area contributed by atoms with Crippen LogP contribution in [0.2, 0.25) is 0 Å². The molecular weight excluding hydrogens is 268 g/mol. The summed E-state index contributed by atoms with van der Waals surface area (Å²) >= 11 is 0. The molecule has 0 unspecified atom stereocenters. The maximum absolute atomic E-state index is 11.6. The highest BCUT2D eigenvalue weighted by molar-refractivity contribution is 5.89. The molecule has 0 aliphatic rings. The number of rotatable bonds is 3. The third kappa shape index (κ3) is 3.69. The van der Waals surface area contributed by atoms with Crippen molar-refractivity contribution in [2.45, 2.75) is 0 Å². The molecule has 0 saturated carbocycles. The number of nitrogens with one attached hydrogen (secondary N) is 3. The van der Waals surface area contributed by atoms with E-state index < -0.39 is 6.03 Å². The van der Waals surface area contributed by atoms with Gasteiger partial charge in [-0.05, 0) is 24.3 Å². The normalized spacial score (nSPS) is 9.05. The Morgan fingerprint density at radius 1 is 1.33 bits per heavy atom. The lowest BCUT2D eigenvalue weighted by Gasteiger charge is -2.10. The van der Waals surface area contributed by atoms with Gasteiger partial charge in [0.1, 0.15) is 0 Å². The highest BCUT2D eigenvalue weighted by Crippen LogP contribution is 2.21. The van der Waals surface area contributed by atoms with Gasteiger partial charge in [0.05, 0.1) is 35.8 Å². The molecule has 3 N–H and O–H groups in total. The van der Waals surface area contributed by atoms with Gasteiger partial charge in [-0.1, -0.05) is 6.07 Å². The second-order valence-corrected chi connectivity index (χ2v) is 3.90. The van der Waals surface area contributed by atoms with E-state index in [4.69, 9.17) is 11.8 Å². The van der Waals surface area contributed by atoms with E-state index >= 15 is 0 Å². The van der Waals surface area contributed by atoms with Crippen LogP contribution >= 0.6 is 0 Å². The third-order valence-corrected chi connectivity index (χ3v) is 2.48. The Bertz CT molecular complexity index is 729. The Hall–Kier alpha value is -3.58. The summed E-state index contributed by atoms with van der Waals surface area (Å²) in [5, 5.41) is 11.5. The first-order valence-corrected chi connectivity index (χ1v) is 5.87. The van der Waals surface area contributed by atoms with Gasteiger partial charge in [0.2, 0.25) is 5.69 Å². The summed E-state index contributed by atoms with van der Waals surface area (Å²) < 4.78 is 0. The molecular formula is C14H10N6O. The van der Waals surface area contributed by atoms with Gasteiger partial charge in [-0.2, -0.15) is 5.26 Å². The van der Waals surface area contributed by atoms with Crippen LogP contribution in [0, 0.1) is 17.9 Å². The summed E-state index contributed by atoms with van der Waals surface area (Å²) in [5.74, 6) is 0. The first-order valence-electron chi connectivity index (χ1n) is 5.87. The Morgan fingerprint density at radius 2 is 2.19 bits per heavy atom. The van der Waals surface area contributed by atoms with E-state index in [-0.39, 0.29) is 11.3 Å². The minimum absolute atomic E-state index is 0.240. The highest BCUT2D eigenvalue weighted by Gasteiger charge is 2.04. The third-order valence-electron chi connectivity index (χ3n) is 2.48. The number of nitriles is 1. The fraction of sp³-hybridized carbons (Fsp3) is 0. The second-order valence-electron chi connectivity index (χ2n) is 3.90. The zero-order valence-electron chi connectivity index (χ0n) is 10.8. The van der Waals surface area contributed by atoms with E-state index in [0.29, 0.717) is 11.4 Å². The molecule has 1 aromatic heterocycles. The predicted molar refractivity (Wildman–Crippen MR) is 77.4 cm³/mol. The lowest BCUT2D eigenvalue weighted by Crippen LogP contribution is -2.33. The van der Waals surface area contributed by atoms with Gasteiger partial charge in [0.25, 0.3) is 0 Å². The molecule has 0 radical (unpaired) electrons. The lowest BCUT2D eigenvalue weighted by atomic mass is 10.2. The number of hydrogen-bond acceptors (Lipinski definition) is 4. The average molecular weight is 278 g/mol. The van der Waals surface area contributed by atoms with Gasteiger partial charge in [0.15, 0.2) is 0 Å². The van der Waals surface area contributed by atoms with E-state index in [1.807, 2.05) is 6.07 Å². The predicted octanol–water partition coefficient (Wildman–Crippen LogP) is 2.65. The monoisotopic (exact) mass is 278 g/mol. The molecule has 0 bridgehead atoms. The fourth-order valence-corrected chi connectivity index (χ4v) is 1.53. The summed E-state index contributed by atoms with van der Waals surface area (Å²) in [6, 6.07) is 9.44. The first-order chi connectivity index (χ1) is 10.2. The van der Waals surface area contributed by atoms with Crippen molar-refractivity contribution in [2.75, 3.05) is 10.7 Å². The molecule has 7 nitrogen and oxygen atoms in total. The maximum atomic E-state index is 11.6. The van der Waals surface area contributed by atoms with E-state index in [1.54, 1.807) is 24.4 Å². The highest BCUT2D eigenvalue weighted by atomic mass is 16.2. The maximum Gasteiger partial charge on any atom is 0.337 e. The summed E-state index contributed by atoms with van der Waals surface area (Å²) in [4.78, 5) is 18.7. The summed E-state index contributed by atoms with van der Waals surface area (Å²) in [5.41, 5.74) is 6.64. The smallest absolute Gasteiger partial charge is 0.305 e. The van der Waals surface area contributed by atoms with Crippen LogP contribution in [0.5, 0.6) is 0 Å². The number of hydrazine groups is 1. The minimum atomic E-state index is -0.476. The molecule has 2 rings (SSSR count). The van der Waals surface area contributed by atoms with Gasteiger partial charge in [-0.15, -0.1) is 0 Å². The van der Waals surface area contributed by atoms with Crippen LogP contribution in [0.15, 0.2) is 42.7 Å². The van der Waals surface area contributed by atoms with Crippen LogP contribution in [-0.4, -0.2) is 11.0 Å². The molecule has 7 heteroatoms. The molecule has 21 heavy (non-hydrogen) atoms. The largest absolute Gasteiger partial charge is 0.337 e. The SMILES string of the molecule is [C-]#[N+]c1ccc(NNC(=O)Nc2cccnc2)cc1C#N. The van der Waals surface area contributed by atoms with Crippen LogP contribution < -0.4 is 16.2 Å². The standard InChI is InChI=1S/C14H10N6O/c1-16-13-5-4-11(7-10(13)8-15)19-20-14(21)18-12-3-2-6-17-9-12/h2-7,9,19H,(H2,18,20,21). The van der Waals surface area contributed by atoms with Crippen molar-refractivity contribution >= 4 is 23.1 Å². The number of aromatic nitrogens is 1. The number of carbonyl (C=O) groups excluding carboxylic acids is 1. The Morgan fingerprint density at radius 3 is 2.86 bits per heavy atom. The van der Waals surface area contributed by atoms with Crippen LogP contribution in [0.3, 0.4) is 0 Å². The molecule has 0 fully saturated rings. The number of pyridine rings is 1. The molecule has 0 saturated heterocycles. The quantitative estimate of drug-likeness (QED) is 0.594. The van der Waals surface area contributed by atoms with Crippen LogP contribution in [0.4, 0.5) is 21.9 Å². The molecule has 2 aromatic rings. The lowest BCUT2D eigenvalue weighted by molar-refractivity contribution is 0.254. The summed E-state index contributed by atoms with van der Waals surface area (Å²) in [7, 11) is 0. The molecule has 1 aromatic carbocycles. The topological polar surface area (TPSA) is 94.2 Å². The molecule has 2 amide bonds. The molecule has 102 valence electrons. The molecule has 0 atom stereocenters. The minimum Gasteiger partial charge on any atom is -0.305 e. The molecule has 0 aliphatic heterocycles. The molecule has 0 aliphatic carbocycles. The van der Waals surface area contributed by atoms with E-state index in [1.165, 1.54) is 18.3 Å². The molecule has 1 heterocycles. The zero-order chi connectivity index (χ0) is 15.1. The molecule has 0 spiro atoms. The van der Waals surface area contributed by atoms with Crippen molar-refractivity contribution in [3.05, 3.63) is 59.7 Å². The van der Waals surface area contributed by atoms with Gasteiger partial charge >= 0.3 is 6.03 Å². The van der Waals surface area contributed by atoms with Crippen molar-refractivity contribution in [3.63, 3.8) is 0 Å². The number of carbonyl (C=O) groups is 1. The van der Waals surface area contributed by atoms with Crippen LogP contribution in [-0.2, 0) is 0 Å². The van der Waals surface area contributed by atoms with Gasteiger partial charge in [-0.3, -0.25) is 15.8 Å². The average Bonchev–Trinajstić information content (AvgIpc) is 2.53. The number of nitrogens with zero attached hydrogens (tertiary/aromatic N) is 3.